The number of halogens is 2. The third kappa shape index (κ3) is 2.61. The monoisotopic (exact) mass is 345 g/mol. The molecule has 1 unspecified atom stereocenters. The minimum Gasteiger partial charge on any atom is -0.337 e. The van der Waals surface area contributed by atoms with E-state index in [-0.39, 0.29) is 6.04 Å². The highest BCUT2D eigenvalue weighted by Gasteiger charge is 2.43. The highest BCUT2D eigenvalue weighted by atomic mass is 19.1. The molecule has 8 heteroatoms. The average Bonchev–Trinajstić information content (AvgIpc) is 3.34. The van der Waals surface area contributed by atoms with Crippen LogP contribution in [0.3, 0.4) is 0 Å². The van der Waals surface area contributed by atoms with E-state index in [0.29, 0.717) is 30.1 Å². The summed E-state index contributed by atoms with van der Waals surface area (Å²) in [5.74, 6) is -0.340. The molecule has 1 fully saturated rings. The summed E-state index contributed by atoms with van der Waals surface area (Å²) in [5, 5.41) is 8.21. The smallest absolute Gasteiger partial charge is 0.251 e. The van der Waals surface area contributed by atoms with Crippen LogP contribution in [0, 0.1) is 11.6 Å². The molecule has 25 heavy (non-hydrogen) atoms. The van der Waals surface area contributed by atoms with Gasteiger partial charge in [-0.3, -0.25) is 0 Å². The Kier molecular flexibility index (Phi) is 3.82. The normalized spacial score (nSPS) is 17.7. The Morgan fingerprint density at radius 2 is 2.04 bits per heavy atom. The molecule has 0 saturated heterocycles. The molecule has 1 atom stereocenters. The van der Waals surface area contributed by atoms with Gasteiger partial charge in [-0.25, -0.2) is 18.4 Å². The van der Waals surface area contributed by atoms with Crippen LogP contribution < -0.4 is 0 Å². The molecule has 0 bridgehead atoms. The second kappa shape index (κ2) is 6.02. The molecule has 2 heterocycles. The summed E-state index contributed by atoms with van der Waals surface area (Å²) in [7, 11) is 0. The standard InChI is InChI=1S/C17H17F2N5O/c1-11(24-10-20-9-21-24)15-22-16(23-25-15)17(6-2-3-7-17)13-5-4-12(18)8-14(13)19/h4-5,8-11H,2-3,6-7H2,1H3. The maximum atomic E-state index is 14.5. The molecular weight excluding hydrogens is 328 g/mol. The Labute approximate surface area is 142 Å². The zero-order valence-electron chi connectivity index (χ0n) is 13.7. The van der Waals surface area contributed by atoms with Gasteiger partial charge in [-0.15, -0.1) is 0 Å². The number of benzene rings is 1. The Balaban J connectivity index is 1.75. The second-order valence-corrected chi connectivity index (χ2v) is 6.42. The number of hydrogen-bond donors (Lipinski definition) is 0. The predicted molar refractivity (Wildman–Crippen MR) is 83.7 cm³/mol. The van der Waals surface area contributed by atoms with Crippen LogP contribution in [0.25, 0.3) is 0 Å². The maximum Gasteiger partial charge on any atom is 0.251 e. The highest BCUT2D eigenvalue weighted by Crippen LogP contribution is 2.46. The largest absolute Gasteiger partial charge is 0.337 e. The fourth-order valence-corrected chi connectivity index (χ4v) is 3.60. The number of nitrogens with zero attached hydrogens (tertiary/aromatic N) is 5. The second-order valence-electron chi connectivity index (χ2n) is 6.42. The average molecular weight is 345 g/mol. The van der Waals surface area contributed by atoms with Crippen molar-refractivity contribution in [1.29, 1.82) is 0 Å². The molecule has 4 rings (SSSR count). The fourth-order valence-electron chi connectivity index (χ4n) is 3.60. The predicted octanol–water partition coefficient (Wildman–Crippen LogP) is 3.41. The van der Waals surface area contributed by atoms with Gasteiger partial charge in [0.25, 0.3) is 5.89 Å². The van der Waals surface area contributed by atoms with Gasteiger partial charge < -0.3 is 4.52 Å². The molecule has 0 radical (unpaired) electrons. The molecule has 1 aliphatic carbocycles. The summed E-state index contributed by atoms with van der Waals surface area (Å²) in [6, 6.07) is 3.40. The van der Waals surface area contributed by atoms with Crippen LogP contribution in [0.2, 0.25) is 0 Å². The zero-order chi connectivity index (χ0) is 17.4. The van der Waals surface area contributed by atoms with Crippen LogP contribution in [-0.2, 0) is 5.41 Å². The first-order valence-electron chi connectivity index (χ1n) is 8.24. The highest BCUT2D eigenvalue weighted by molar-refractivity contribution is 5.35. The molecule has 0 N–H and O–H groups in total. The van der Waals surface area contributed by atoms with Crippen molar-refractivity contribution in [3.8, 4) is 0 Å². The molecule has 0 amide bonds. The minimum atomic E-state index is -0.679. The summed E-state index contributed by atoms with van der Waals surface area (Å²) >= 11 is 0. The van der Waals surface area contributed by atoms with E-state index in [9.17, 15) is 8.78 Å². The Bertz CT molecular complexity index is 871. The van der Waals surface area contributed by atoms with Gasteiger partial charge in [-0.2, -0.15) is 10.1 Å². The van der Waals surface area contributed by atoms with Gasteiger partial charge in [-0.05, 0) is 25.8 Å². The molecule has 1 saturated carbocycles. The minimum absolute atomic E-state index is 0.278. The molecule has 6 nitrogen and oxygen atoms in total. The van der Waals surface area contributed by atoms with E-state index in [1.54, 1.807) is 11.0 Å². The van der Waals surface area contributed by atoms with Crippen LogP contribution in [0.15, 0.2) is 35.4 Å². The van der Waals surface area contributed by atoms with Gasteiger partial charge in [0, 0.05) is 11.6 Å². The van der Waals surface area contributed by atoms with Crippen LogP contribution >= 0.6 is 0 Å². The lowest BCUT2D eigenvalue weighted by atomic mass is 9.78. The topological polar surface area (TPSA) is 69.6 Å². The first-order chi connectivity index (χ1) is 12.1. The number of rotatable bonds is 4. The van der Waals surface area contributed by atoms with Crippen LogP contribution in [0.4, 0.5) is 8.78 Å². The van der Waals surface area contributed by atoms with E-state index in [1.165, 1.54) is 18.5 Å². The Morgan fingerprint density at radius 3 is 2.72 bits per heavy atom. The quantitative estimate of drug-likeness (QED) is 0.725. The van der Waals surface area contributed by atoms with Crippen molar-refractivity contribution in [2.24, 2.45) is 0 Å². The molecule has 1 aliphatic rings. The number of hydrogen-bond acceptors (Lipinski definition) is 5. The molecular formula is C17H17F2N5O. The van der Waals surface area contributed by atoms with Crippen molar-refractivity contribution in [3.05, 3.63) is 59.8 Å². The van der Waals surface area contributed by atoms with Gasteiger partial charge in [0.1, 0.15) is 30.3 Å². The first-order valence-corrected chi connectivity index (χ1v) is 8.24. The van der Waals surface area contributed by atoms with Crippen LogP contribution in [0.1, 0.15) is 55.9 Å². The van der Waals surface area contributed by atoms with Crippen molar-refractivity contribution in [1.82, 2.24) is 24.9 Å². The molecule has 1 aromatic carbocycles. The summed E-state index contributed by atoms with van der Waals surface area (Å²) in [6.07, 6.45) is 6.26. The first kappa shape index (κ1) is 15.9. The molecule has 0 aliphatic heterocycles. The van der Waals surface area contributed by atoms with Crippen molar-refractivity contribution in [2.45, 2.75) is 44.1 Å². The lowest BCUT2D eigenvalue weighted by molar-refractivity contribution is 0.326. The summed E-state index contributed by atoms with van der Waals surface area (Å²) in [6.45, 7) is 1.87. The van der Waals surface area contributed by atoms with Crippen LogP contribution in [-0.4, -0.2) is 24.9 Å². The van der Waals surface area contributed by atoms with E-state index in [4.69, 9.17) is 4.52 Å². The lowest BCUT2D eigenvalue weighted by Gasteiger charge is -2.26. The van der Waals surface area contributed by atoms with Crippen molar-refractivity contribution in [3.63, 3.8) is 0 Å². The summed E-state index contributed by atoms with van der Waals surface area (Å²) in [4.78, 5) is 8.44. The van der Waals surface area contributed by atoms with Crippen LogP contribution in [0.5, 0.6) is 0 Å². The van der Waals surface area contributed by atoms with Gasteiger partial charge in [0.2, 0.25) is 0 Å². The van der Waals surface area contributed by atoms with E-state index in [0.717, 1.165) is 18.9 Å². The van der Waals surface area contributed by atoms with Gasteiger partial charge >= 0.3 is 0 Å². The maximum absolute atomic E-state index is 14.5. The summed E-state index contributed by atoms with van der Waals surface area (Å²) in [5.41, 5.74) is -0.256. The molecule has 2 aromatic heterocycles. The van der Waals surface area contributed by atoms with Gasteiger partial charge in [0.05, 0.1) is 5.41 Å². The molecule has 0 spiro atoms. The van der Waals surface area contributed by atoms with Crippen molar-refractivity contribution < 1.29 is 13.3 Å². The van der Waals surface area contributed by atoms with E-state index < -0.39 is 17.0 Å². The Hall–Kier alpha value is -2.64. The number of aromatic nitrogens is 5. The van der Waals surface area contributed by atoms with Crippen molar-refractivity contribution in [2.75, 3.05) is 0 Å². The van der Waals surface area contributed by atoms with E-state index in [2.05, 4.69) is 20.2 Å². The van der Waals surface area contributed by atoms with Gasteiger partial charge in [-0.1, -0.05) is 24.1 Å². The molecule has 3 aromatic rings. The summed E-state index contributed by atoms with van der Waals surface area (Å²) < 4.78 is 34.8. The lowest BCUT2D eigenvalue weighted by Crippen LogP contribution is -2.27. The third-order valence-corrected chi connectivity index (χ3v) is 4.96. The zero-order valence-corrected chi connectivity index (χ0v) is 13.7. The third-order valence-electron chi connectivity index (χ3n) is 4.96. The Morgan fingerprint density at radius 1 is 1.24 bits per heavy atom. The van der Waals surface area contributed by atoms with E-state index in [1.807, 2.05) is 6.92 Å². The molecule has 130 valence electrons. The van der Waals surface area contributed by atoms with Crippen molar-refractivity contribution >= 4 is 0 Å². The van der Waals surface area contributed by atoms with Gasteiger partial charge in [0.15, 0.2) is 5.82 Å². The van der Waals surface area contributed by atoms with E-state index >= 15 is 0 Å². The SMILES string of the molecule is CC(c1nc(C2(c3ccc(F)cc3F)CCCC2)no1)n1cncn1. The fraction of sp³-hybridized carbons (Fsp3) is 0.412.